The number of aromatic nitrogens is 2. The van der Waals surface area contributed by atoms with Gasteiger partial charge >= 0.3 is 0 Å². The lowest BCUT2D eigenvalue weighted by Gasteiger charge is -2.12. The average molecular weight is 294 g/mol. The van der Waals surface area contributed by atoms with E-state index in [9.17, 15) is 0 Å². The van der Waals surface area contributed by atoms with Crippen molar-refractivity contribution >= 4 is 23.2 Å². The largest absolute Gasteiger partial charge is 0.497 e. The number of rotatable bonds is 5. The third-order valence-electron chi connectivity index (χ3n) is 3.38. The van der Waals surface area contributed by atoms with Crippen LogP contribution in [0.2, 0.25) is 0 Å². The van der Waals surface area contributed by atoms with Crippen molar-refractivity contribution in [3.8, 4) is 5.75 Å². The summed E-state index contributed by atoms with van der Waals surface area (Å²) in [6, 6.07) is 15.7. The number of methoxy groups -OCH3 is 1. The number of ether oxygens (including phenoxy) is 1. The molecule has 0 spiro atoms. The van der Waals surface area contributed by atoms with Gasteiger partial charge in [-0.25, -0.2) is 9.99 Å². The maximum atomic E-state index is 5.15. The Morgan fingerprint density at radius 2 is 1.95 bits per heavy atom. The molecule has 0 aliphatic carbocycles. The highest BCUT2D eigenvalue weighted by Crippen LogP contribution is 2.17. The number of nitrogens with zero attached hydrogens (tertiary/aromatic N) is 3. The number of hydrogen-bond donors (Lipinski definition) is 1. The Hall–Kier alpha value is -2.82. The highest BCUT2D eigenvalue weighted by atomic mass is 16.5. The first-order chi connectivity index (χ1) is 10.8. The third kappa shape index (κ3) is 2.93. The van der Waals surface area contributed by atoms with E-state index in [-0.39, 0.29) is 0 Å². The second kappa shape index (κ2) is 6.30. The van der Waals surface area contributed by atoms with E-state index in [0.29, 0.717) is 0 Å². The van der Waals surface area contributed by atoms with Crippen LogP contribution in [0.5, 0.6) is 5.75 Å². The van der Waals surface area contributed by atoms with Crippen LogP contribution in [0.25, 0.3) is 11.0 Å². The average Bonchev–Trinajstić information content (AvgIpc) is 3.00. The van der Waals surface area contributed by atoms with Gasteiger partial charge in [0.2, 0.25) is 5.95 Å². The molecule has 0 aliphatic heterocycles. The third-order valence-corrected chi connectivity index (χ3v) is 3.38. The fraction of sp³-hybridized carbons (Fsp3) is 0.176. The number of anilines is 1. The smallest absolute Gasteiger partial charge is 0.224 e. The van der Waals surface area contributed by atoms with Gasteiger partial charge < -0.3 is 9.72 Å². The highest BCUT2D eigenvalue weighted by Gasteiger charge is 2.07. The van der Waals surface area contributed by atoms with Crippen LogP contribution < -0.4 is 9.75 Å². The van der Waals surface area contributed by atoms with Crippen LogP contribution in [0.1, 0.15) is 12.5 Å². The van der Waals surface area contributed by atoms with Crippen LogP contribution in [-0.2, 0) is 0 Å². The summed E-state index contributed by atoms with van der Waals surface area (Å²) in [6.07, 6.45) is 1.82. The van der Waals surface area contributed by atoms with E-state index in [0.717, 1.165) is 34.8 Å². The molecule has 5 nitrogen and oxygen atoms in total. The van der Waals surface area contributed by atoms with Gasteiger partial charge in [-0.05, 0) is 48.9 Å². The Bertz CT molecular complexity index is 744. The first kappa shape index (κ1) is 14.1. The molecule has 112 valence electrons. The van der Waals surface area contributed by atoms with Gasteiger partial charge in [-0.1, -0.05) is 12.1 Å². The number of aromatic amines is 1. The first-order valence-corrected chi connectivity index (χ1v) is 7.20. The second-order valence-corrected chi connectivity index (χ2v) is 4.81. The number of benzene rings is 2. The topological polar surface area (TPSA) is 53.5 Å². The molecule has 1 aromatic heterocycles. The summed E-state index contributed by atoms with van der Waals surface area (Å²) < 4.78 is 5.15. The van der Waals surface area contributed by atoms with Crippen molar-refractivity contribution < 1.29 is 4.74 Å². The van der Waals surface area contributed by atoms with E-state index in [2.05, 4.69) is 15.1 Å². The molecule has 0 unspecified atom stereocenters. The summed E-state index contributed by atoms with van der Waals surface area (Å²) in [4.78, 5) is 7.84. The van der Waals surface area contributed by atoms with Crippen LogP contribution >= 0.6 is 0 Å². The summed E-state index contributed by atoms with van der Waals surface area (Å²) in [5, 5.41) is 6.34. The number of fused-ring (bicyclic) bond motifs is 1. The molecule has 22 heavy (non-hydrogen) atoms. The fourth-order valence-corrected chi connectivity index (χ4v) is 2.17. The van der Waals surface area contributed by atoms with Crippen LogP contribution in [0.4, 0.5) is 5.95 Å². The standard InChI is InChI=1S/C17H18N4O/c1-3-21(17-19-15-6-4-5-7-16(15)20-17)18-12-13-8-10-14(22-2)11-9-13/h4-12H,3H2,1-2H3,(H,19,20)/b18-12-. The number of hydrogen-bond acceptors (Lipinski definition) is 4. The molecule has 0 aliphatic rings. The zero-order valence-electron chi connectivity index (χ0n) is 12.7. The minimum Gasteiger partial charge on any atom is -0.497 e. The molecular weight excluding hydrogens is 276 g/mol. The van der Waals surface area contributed by atoms with Crippen molar-refractivity contribution in [2.75, 3.05) is 18.7 Å². The van der Waals surface area contributed by atoms with E-state index in [4.69, 9.17) is 4.74 Å². The molecule has 0 radical (unpaired) electrons. The van der Waals surface area contributed by atoms with Crippen molar-refractivity contribution in [2.45, 2.75) is 6.92 Å². The fourth-order valence-electron chi connectivity index (χ4n) is 2.17. The van der Waals surface area contributed by atoms with Gasteiger partial charge in [0.15, 0.2) is 0 Å². The first-order valence-electron chi connectivity index (χ1n) is 7.20. The lowest BCUT2D eigenvalue weighted by atomic mass is 10.2. The molecule has 1 N–H and O–H groups in total. The molecule has 0 saturated carbocycles. The van der Waals surface area contributed by atoms with E-state index in [1.54, 1.807) is 7.11 Å². The number of hydrazone groups is 1. The Kier molecular flexibility index (Phi) is 4.05. The Morgan fingerprint density at radius 3 is 2.64 bits per heavy atom. The van der Waals surface area contributed by atoms with Crippen molar-refractivity contribution in [3.05, 3.63) is 54.1 Å². The van der Waals surface area contributed by atoms with Gasteiger partial charge in [-0.3, -0.25) is 0 Å². The number of imidazole rings is 1. The molecule has 0 saturated heterocycles. The van der Waals surface area contributed by atoms with Crippen LogP contribution in [0.15, 0.2) is 53.6 Å². The number of nitrogens with one attached hydrogen (secondary N) is 1. The van der Waals surface area contributed by atoms with Crippen molar-refractivity contribution in [2.24, 2.45) is 5.10 Å². The molecular formula is C17H18N4O. The quantitative estimate of drug-likeness (QED) is 0.579. The molecule has 0 fully saturated rings. The number of para-hydroxylation sites is 2. The summed E-state index contributed by atoms with van der Waals surface area (Å²) >= 11 is 0. The summed E-state index contributed by atoms with van der Waals surface area (Å²) in [5.41, 5.74) is 2.96. The van der Waals surface area contributed by atoms with Gasteiger partial charge in [0.05, 0.1) is 24.4 Å². The van der Waals surface area contributed by atoms with Gasteiger partial charge in [0, 0.05) is 6.54 Å². The molecule has 2 aromatic carbocycles. The molecule has 0 amide bonds. The van der Waals surface area contributed by atoms with Crippen molar-refractivity contribution in [1.29, 1.82) is 0 Å². The Morgan fingerprint density at radius 1 is 1.18 bits per heavy atom. The monoisotopic (exact) mass is 294 g/mol. The lowest BCUT2D eigenvalue weighted by molar-refractivity contribution is 0.415. The Labute approximate surface area is 129 Å². The number of H-pyrrole nitrogens is 1. The zero-order chi connectivity index (χ0) is 15.4. The minimum atomic E-state index is 0.729. The van der Waals surface area contributed by atoms with E-state index in [1.165, 1.54) is 0 Å². The van der Waals surface area contributed by atoms with Crippen LogP contribution in [-0.4, -0.2) is 29.8 Å². The van der Waals surface area contributed by atoms with E-state index in [1.807, 2.05) is 66.7 Å². The van der Waals surface area contributed by atoms with Gasteiger partial charge in [-0.15, -0.1) is 0 Å². The SMILES string of the molecule is CCN(/N=C\c1ccc(OC)cc1)c1nc2ccccc2[nH]1. The van der Waals surface area contributed by atoms with Gasteiger partial charge in [0.25, 0.3) is 0 Å². The summed E-state index contributed by atoms with van der Waals surface area (Å²) in [7, 11) is 1.66. The van der Waals surface area contributed by atoms with Crippen molar-refractivity contribution in [1.82, 2.24) is 9.97 Å². The summed E-state index contributed by atoms with van der Waals surface area (Å²) in [6.45, 7) is 2.77. The normalized spacial score (nSPS) is 11.2. The van der Waals surface area contributed by atoms with E-state index < -0.39 is 0 Å². The molecule has 5 heteroatoms. The maximum absolute atomic E-state index is 5.15. The molecule has 0 atom stereocenters. The van der Waals surface area contributed by atoms with E-state index >= 15 is 0 Å². The lowest BCUT2D eigenvalue weighted by Crippen LogP contribution is -2.16. The van der Waals surface area contributed by atoms with Gasteiger partial charge in [-0.2, -0.15) is 5.10 Å². The summed E-state index contributed by atoms with van der Waals surface area (Å²) in [5.74, 6) is 1.58. The van der Waals surface area contributed by atoms with Crippen LogP contribution in [0.3, 0.4) is 0 Å². The second-order valence-electron chi connectivity index (χ2n) is 4.81. The molecule has 3 rings (SSSR count). The highest BCUT2D eigenvalue weighted by molar-refractivity contribution is 5.81. The van der Waals surface area contributed by atoms with Crippen molar-refractivity contribution in [3.63, 3.8) is 0 Å². The predicted octanol–water partition coefficient (Wildman–Crippen LogP) is 3.43. The van der Waals surface area contributed by atoms with Gasteiger partial charge in [0.1, 0.15) is 5.75 Å². The predicted molar refractivity (Wildman–Crippen MR) is 89.7 cm³/mol. The molecule has 3 aromatic rings. The Balaban J connectivity index is 1.82. The minimum absolute atomic E-state index is 0.729. The molecule has 1 heterocycles. The van der Waals surface area contributed by atoms with Crippen LogP contribution in [0, 0.1) is 0 Å². The zero-order valence-corrected chi connectivity index (χ0v) is 12.7. The molecule has 0 bridgehead atoms. The maximum Gasteiger partial charge on any atom is 0.224 e.